The molecule has 0 unspecified atom stereocenters. The number of pyridine rings is 1. The van der Waals surface area contributed by atoms with Crippen LogP contribution in [0.4, 0.5) is 5.69 Å². The average molecular weight is 579 g/mol. The molecule has 0 saturated carbocycles. The molecule has 7 rings (SSSR count). The molecule has 0 radical (unpaired) electrons. The molecule has 0 atom stereocenters. The van der Waals surface area contributed by atoms with Crippen LogP contribution in [-0.2, 0) is 23.1 Å². The second-order valence-electron chi connectivity index (χ2n) is 9.45. The summed E-state index contributed by atoms with van der Waals surface area (Å²) in [5.41, 5.74) is 2.59. The van der Waals surface area contributed by atoms with Gasteiger partial charge in [-0.25, -0.2) is 0 Å². The van der Waals surface area contributed by atoms with E-state index in [1.165, 1.54) is 43.9 Å². The first kappa shape index (κ1) is 26.0. The first-order chi connectivity index (χ1) is 18.8. The first-order valence-electron chi connectivity index (χ1n) is 12.3. The minimum atomic E-state index is -4.23. The van der Waals surface area contributed by atoms with Crippen molar-refractivity contribution in [3.8, 4) is 23.0 Å². The van der Waals surface area contributed by atoms with Crippen molar-refractivity contribution < 1.29 is 36.5 Å². The summed E-state index contributed by atoms with van der Waals surface area (Å²) in [6.45, 7) is 2.23. The van der Waals surface area contributed by atoms with Gasteiger partial charge in [0.1, 0.15) is 4.90 Å². The van der Waals surface area contributed by atoms with E-state index in [4.69, 9.17) is 18.4 Å². The molecule has 0 saturated heterocycles. The summed E-state index contributed by atoms with van der Waals surface area (Å²) in [7, 11) is -2.76. The number of hydrogen-bond acceptors (Lipinski definition) is 8. The third-order valence-electron chi connectivity index (χ3n) is 7.16. The molecular formula is C29H23ClN2O7S. The minimum Gasteiger partial charge on any atom is -0.862 e. The van der Waals surface area contributed by atoms with Crippen molar-refractivity contribution >= 4 is 66.6 Å². The third kappa shape index (κ3) is 3.94. The molecule has 0 fully saturated rings. The minimum absolute atomic E-state index is 0. The molecule has 204 valence electrons. The van der Waals surface area contributed by atoms with Crippen LogP contribution in [-0.4, -0.2) is 28.2 Å². The highest BCUT2D eigenvalue weighted by atomic mass is 35.5. The molecular weight excluding hydrogens is 556 g/mol. The number of ether oxygens (including phenoxy) is 3. The van der Waals surface area contributed by atoms with E-state index in [0.29, 0.717) is 23.4 Å². The summed E-state index contributed by atoms with van der Waals surface area (Å²) in [5.74, 6) is 1.54. The zero-order valence-electron chi connectivity index (χ0n) is 21.5. The maximum atomic E-state index is 13.3. The van der Waals surface area contributed by atoms with Gasteiger partial charge in [-0.05, 0) is 73.0 Å². The van der Waals surface area contributed by atoms with Gasteiger partial charge in [0.05, 0.1) is 29.0 Å². The zero-order chi connectivity index (χ0) is 26.9. The number of halogens is 1. The molecule has 0 N–H and O–H groups in total. The van der Waals surface area contributed by atoms with Gasteiger partial charge in [0, 0.05) is 17.2 Å². The molecule has 1 aromatic heterocycles. The van der Waals surface area contributed by atoms with Crippen LogP contribution >= 0.6 is 12.4 Å². The Labute approximate surface area is 235 Å². The van der Waals surface area contributed by atoms with Crippen LogP contribution in [0.2, 0.25) is 0 Å². The molecule has 5 aromatic rings. The number of aryl methyl sites for hydroxylation is 2. The number of hydrogen-bond donors (Lipinski definition) is 0. The number of fused-ring (bicyclic) bond motifs is 4. The Bertz CT molecular complexity index is 1990. The normalized spacial score (nSPS) is 14.1. The lowest BCUT2D eigenvalue weighted by Crippen LogP contribution is -2.38. The van der Waals surface area contributed by atoms with Gasteiger partial charge in [-0.15, -0.1) is 12.4 Å². The van der Waals surface area contributed by atoms with Gasteiger partial charge in [-0.1, -0.05) is 0 Å². The van der Waals surface area contributed by atoms with Gasteiger partial charge in [0.2, 0.25) is 12.3 Å². The van der Waals surface area contributed by atoms with Crippen LogP contribution in [0.25, 0.3) is 32.4 Å². The van der Waals surface area contributed by atoms with Gasteiger partial charge in [-0.2, -0.15) is 13.0 Å². The predicted molar refractivity (Wildman–Crippen MR) is 150 cm³/mol. The fourth-order valence-corrected chi connectivity index (χ4v) is 6.47. The van der Waals surface area contributed by atoms with Crippen LogP contribution in [0.5, 0.6) is 23.0 Å². The lowest BCUT2D eigenvalue weighted by molar-refractivity contribution is -0.670. The molecule has 9 nitrogen and oxygen atoms in total. The van der Waals surface area contributed by atoms with E-state index in [-0.39, 0.29) is 35.7 Å². The smallest absolute Gasteiger partial charge is 0.339 e. The van der Waals surface area contributed by atoms with Crippen LogP contribution < -0.4 is 28.1 Å². The molecule has 11 heteroatoms. The molecule has 4 aromatic carbocycles. The van der Waals surface area contributed by atoms with E-state index in [0.717, 1.165) is 45.0 Å². The molecule has 2 aliphatic heterocycles. The van der Waals surface area contributed by atoms with Crippen molar-refractivity contribution in [2.75, 3.05) is 13.9 Å². The molecule has 0 spiro atoms. The van der Waals surface area contributed by atoms with Crippen molar-refractivity contribution in [3.05, 3.63) is 66.4 Å². The van der Waals surface area contributed by atoms with Gasteiger partial charge in [-0.3, -0.25) is 4.99 Å². The molecule has 40 heavy (non-hydrogen) atoms. The zero-order valence-corrected chi connectivity index (χ0v) is 23.1. The predicted octanol–water partition coefficient (Wildman–Crippen LogP) is 4.33. The maximum Gasteiger partial charge on any atom is 0.339 e. The number of benzene rings is 4. The van der Waals surface area contributed by atoms with E-state index >= 15 is 0 Å². The van der Waals surface area contributed by atoms with Crippen molar-refractivity contribution in [1.82, 2.24) is 0 Å². The summed E-state index contributed by atoms with van der Waals surface area (Å²) in [6, 6.07) is 15.4. The highest BCUT2D eigenvalue weighted by Crippen LogP contribution is 2.46. The van der Waals surface area contributed by atoms with Gasteiger partial charge in [0.25, 0.3) is 0 Å². The lowest BCUT2D eigenvalue weighted by Gasteiger charge is -2.18. The molecule has 3 heterocycles. The number of aliphatic imine (C=N–C) groups is 1. The lowest BCUT2D eigenvalue weighted by atomic mass is 9.93. The van der Waals surface area contributed by atoms with E-state index in [1.54, 1.807) is 6.07 Å². The Kier molecular flexibility index (Phi) is 6.12. The maximum absolute atomic E-state index is 13.3. The average Bonchev–Trinajstić information content (AvgIpc) is 3.40. The Balaban J connectivity index is 0.00000289. The highest BCUT2D eigenvalue weighted by Gasteiger charge is 2.31. The highest BCUT2D eigenvalue weighted by molar-refractivity contribution is 7.87. The van der Waals surface area contributed by atoms with E-state index in [1.807, 2.05) is 24.4 Å². The van der Waals surface area contributed by atoms with Crippen molar-refractivity contribution in [2.24, 2.45) is 4.99 Å². The Morgan fingerprint density at radius 3 is 2.50 bits per heavy atom. The molecule has 0 amide bonds. The second-order valence-corrected chi connectivity index (χ2v) is 11.0. The van der Waals surface area contributed by atoms with Crippen LogP contribution in [0.3, 0.4) is 0 Å². The van der Waals surface area contributed by atoms with Crippen LogP contribution in [0.15, 0.2) is 70.7 Å². The van der Waals surface area contributed by atoms with Crippen molar-refractivity contribution in [1.29, 1.82) is 0 Å². The fraction of sp³-hybridized carbons (Fsp3) is 0.172. The molecule has 0 aliphatic carbocycles. The Morgan fingerprint density at radius 1 is 1.00 bits per heavy atom. The quantitative estimate of drug-likeness (QED) is 0.100. The summed E-state index contributed by atoms with van der Waals surface area (Å²) in [4.78, 5) is 3.75. The molecule has 2 aliphatic rings. The Hall–Kier alpha value is -4.28. The molecule has 0 bridgehead atoms. The number of nitrogens with zero attached hydrogens (tertiary/aromatic N) is 2. The largest absolute Gasteiger partial charge is 0.862 e. The Morgan fingerprint density at radius 2 is 1.75 bits per heavy atom. The monoisotopic (exact) mass is 578 g/mol. The second kappa shape index (κ2) is 9.42. The SMILES string of the molecule is COc1ccc2c(c[n+]3c4c2ccc2c5c(cc(c24)CC3)OCO5)c1OS(=O)(=O)c1ccc(N=C(C)[O-])cc1.Cl. The van der Waals surface area contributed by atoms with Gasteiger partial charge in [0.15, 0.2) is 35.7 Å². The standard InChI is InChI=1S/C29H22N2O7S.ClH/c1-16(32)30-18-3-5-19(6-4-18)39(33,34)38-29-23-14-31-12-11-17-13-25-28(37-15-36-25)22-8-7-21(27(31)26(17)22)20(23)9-10-24(29)35-2;/h3-10,13-14H,11-12,15H2,1-2H3;1H. The number of aromatic nitrogens is 1. The van der Waals surface area contributed by atoms with Crippen molar-refractivity contribution in [2.45, 2.75) is 24.8 Å². The first-order valence-corrected chi connectivity index (χ1v) is 13.7. The van der Waals surface area contributed by atoms with Gasteiger partial charge < -0.3 is 23.5 Å². The number of methoxy groups -OCH3 is 1. The summed E-state index contributed by atoms with van der Waals surface area (Å²) >= 11 is 0. The van der Waals surface area contributed by atoms with Crippen LogP contribution in [0.1, 0.15) is 12.5 Å². The topological polar surface area (TPSA) is 110 Å². The summed E-state index contributed by atoms with van der Waals surface area (Å²) < 4.78 is 51.6. The van der Waals surface area contributed by atoms with Crippen LogP contribution in [0, 0.1) is 0 Å². The van der Waals surface area contributed by atoms with E-state index in [2.05, 4.69) is 15.6 Å². The summed E-state index contributed by atoms with van der Waals surface area (Å²) in [6.07, 6.45) is 2.71. The third-order valence-corrected chi connectivity index (χ3v) is 8.40. The van der Waals surface area contributed by atoms with Crippen molar-refractivity contribution in [3.63, 3.8) is 0 Å². The number of rotatable bonds is 5. The van der Waals surface area contributed by atoms with Gasteiger partial charge >= 0.3 is 10.1 Å². The van der Waals surface area contributed by atoms with E-state index < -0.39 is 10.1 Å². The van der Waals surface area contributed by atoms with E-state index in [9.17, 15) is 13.5 Å². The summed E-state index contributed by atoms with van der Waals surface area (Å²) in [5, 5.41) is 15.8. The fourth-order valence-electron chi connectivity index (χ4n) is 5.51.